The van der Waals surface area contributed by atoms with Crippen molar-refractivity contribution in [2.45, 2.75) is 65.1 Å². The third-order valence-corrected chi connectivity index (χ3v) is 9.43. The molecule has 1 aromatic heterocycles. The molecule has 4 aromatic rings. The zero-order valence-corrected chi connectivity index (χ0v) is 28.1. The summed E-state index contributed by atoms with van der Waals surface area (Å²) in [5.41, 5.74) is 3.33. The van der Waals surface area contributed by atoms with E-state index in [1.165, 1.54) is 6.08 Å². The summed E-state index contributed by atoms with van der Waals surface area (Å²) in [5, 5.41) is 14.1. The van der Waals surface area contributed by atoms with E-state index in [9.17, 15) is 19.5 Å². The molecule has 0 radical (unpaired) electrons. The van der Waals surface area contributed by atoms with Gasteiger partial charge in [-0.2, -0.15) is 0 Å². The lowest BCUT2D eigenvalue weighted by Gasteiger charge is -2.41. The SMILES string of the molecule is C=CC(=O)N1CCCC(n2c(NC(=O)c3ccc(Cl)cc3)nc3cc(C(Cc4ccccc4)N(C(=O)O)[C@@H](C)C(C)(C)C)ccc32)C1. The Labute approximate surface area is 280 Å². The number of likely N-dealkylation sites (tertiary alicyclic amines) is 1. The standard InChI is InChI=1S/C37H42ClN5O4/c1-6-33(44)41-20-10-13-29(23-41)43-31-19-16-27(22-30(31)39-35(43)40-34(45)26-14-17-28(38)18-15-26)32(21-25-11-8-7-9-12-25)42(36(46)47)24(2)37(3,4)5/h6-9,11-12,14-19,22,24,29,32H,1,10,13,20-21,23H2,2-5H3,(H,46,47)(H,39,40,45)/t24-,29?,32?/m0/s1. The van der Waals surface area contributed by atoms with Crippen LogP contribution in [0.5, 0.6) is 0 Å². The fraction of sp³-hybridized carbons (Fsp3) is 0.351. The van der Waals surface area contributed by atoms with Crippen molar-refractivity contribution >= 4 is 46.5 Å². The molecule has 9 nitrogen and oxygen atoms in total. The molecule has 2 unspecified atom stereocenters. The van der Waals surface area contributed by atoms with Crippen molar-refractivity contribution in [2.24, 2.45) is 5.41 Å². The van der Waals surface area contributed by atoms with E-state index in [2.05, 4.69) is 11.9 Å². The van der Waals surface area contributed by atoms with Crippen LogP contribution in [0.25, 0.3) is 11.0 Å². The zero-order valence-electron chi connectivity index (χ0n) is 27.3. The number of imidazole rings is 1. The Bertz CT molecular complexity index is 1760. The molecule has 1 aliphatic rings. The average molecular weight is 656 g/mol. The van der Waals surface area contributed by atoms with Crippen molar-refractivity contribution in [3.8, 4) is 0 Å². The van der Waals surface area contributed by atoms with Gasteiger partial charge in [-0.05, 0) is 85.2 Å². The number of piperidine rings is 1. The molecule has 1 fully saturated rings. The first kappa shape index (κ1) is 33.7. The highest BCUT2D eigenvalue weighted by atomic mass is 35.5. The minimum Gasteiger partial charge on any atom is -0.465 e. The lowest BCUT2D eigenvalue weighted by Crippen LogP contribution is -2.47. The summed E-state index contributed by atoms with van der Waals surface area (Å²) >= 11 is 6.06. The van der Waals surface area contributed by atoms with Crippen LogP contribution >= 0.6 is 11.6 Å². The highest BCUT2D eigenvalue weighted by molar-refractivity contribution is 6.30. The first-order valence-electron chi connectivity index (χ1n) is 15.9. The van der Waals surface area contributed by atoms with Gasteiger partial charge in [-0.1, -0.05) is 75.3 Å². The first-order valence-corrected chi connectivity index (χ1v) is 16.3. The van der Waals surface area contributed by atoms with E-state index in [0.29, 0.717) is 41.6 Å². The summed E-state index contributed by atoms with van der Waals surface area (Å²) in [7, 11) is 0. The van der Waals surface area contributed by atoms with Crippen LogP contribution in [-0.2, 0) is 11.2 Å². The van der Waals surface area contributed by atoms with Crippen molar-refractivity contribution in [1.82, 2.24) is 19.4 Å². The Kier molecular flexibility index (Phi) is 10.1. The number of fused-ring (bicyclic) bond motifs is 1. The third-order valence-electron chi connectivity index (χ3n) is 9.18. The molecule has 246 valence electrons. The molecule has 1 saturated heterocycles. The molecule has 47 heavy (non-hydrogen) atoms. The van der Waals surface area contributed by atoms with Crippen LogP contribution in [0, 0.1) is 5.41 Å². The number of hydrogen-bond acceptors (Lipinski definition) is 4. The number of carboxylic acid groups (broad SMARTS) is 1. The first-order chi connectivity index (χ1) is 22.4. The Morgan fingerprint density at radius 1 is 1.11 bits per heavy atom. The van der Waals surface area contributed by atoms with Gasteiger partial charge in [0.15, 0.2) is 0 Å². The summed E-state index contributed by atoms with van der Waals surface area (Å²) in [4.78, 5) is 47.2. The van der Waals surface area contributed by atoms with Crippen molar-refractivity contribution in [1.29, 1.82) is 0 Å². The van der Waals surface area contributed by atoms with Crippen molar-refractivity contribution in [2.75, 3.05) is 18.4 Å². The van der Waals surface area contributed by atoms with E-state index < -0.39 is 12.1 Å². The summed E-state index contributed by atoms with van der Waals surface area (Å²) < 4.78 is 1.99. The number of rotatable bonds is 9. The smallest absolute Gasteiger partial charge is 0.408 e. The van der Waals surface area contributed by atoms with Crippen LogP contribution in [0.2, 0.25) is 5.02 Å². The number of halogens is 1. The molecule has 3 atom stereocenters. The number of nitrogens with zero attached hydrogens (tertiary/aromatic N) is 4. The van der Waals surface area contributed by atoms with E-state index in [-0.39, 0.29) is 29.3 Å². The molecule has 3 aromatic carbocycles. The molecular formula is C37H42ClN5O4. The van der Waals surface area contributed by atoms with E-state index in [1.807, 2.05) is 80.8 Å². The fourth-order valence-electron chi connectivity index (χ4n) is 6.25. The molecule has 10 heteroatoms. The molecule has 3 amide bonds. The van der Waals surface area contributed by atoms with Gasteiger partial charge < -0.3 is 14.6 Å². The van der Waals surface area contributed by atoms with E-state index >= 15 is 0 Å². The lowest BCUT2D eigenvalue weighted by atomic mass is 9.84. The van der Waals surface area contributed by atoms with Crippen LogP contribution in [0.3, 0.4) is 0 Å². The van der Waals surface area contributed by atoms with Crippen LogP contribution in [0.1, 0.15) is 74.1 Å². The van der Waals surface area contributed by atoms with Crippen molar-refractivity contribution < 1.29 is 19.5 Å². The highest BCUT2D eigenvalue weighted by Crippen LogP contribution is 2.37. The van der Waals surface area contributed by atoms with Crippen molar-refractivity contribution in [3.05, 3.63) is 107 Å². The monoisotopic (exact) mass is 655 g/mol. The number of anilines is 1. The molecule has 2 heterocycles. The van der Waals surface area contributed by atoms with Crippen molar-refractivity contribution in [3.63, 3.8) is 0 Å². The quantitative estimate of drug-likeness (QED) is 0.178. The highest BCUT2D eigenvalue weighted by Gasteiger charge is 2.36. The minimum absolute atomic E-state index is 0.140. The maximum Gasteiger partial charge on any atom is 0.408 e. The second-order valence-electron chi connectivity index (χ2n) is 13.2. The van der Waals surface area contributed by atoms with Gasteiger partial charge in [-0.15, -0.1) is 0 Å². The number of benzene rings is 3. The second kappa shape index (κ2) is 14.0. The largest absolute Gasteiger partial charge is 0.465 e. The molecule has 0 saturated carbocycles. The molecule has 2 N–H and O–H groups in total. The third kappa shape index (κ3) is 7.52. The fourth-order valence-corrected chi connectivity index (χ4v) is 6.38. The molecular weight excluding hydrogens is 614 g/mol. The second-order valence-corrected chi connectivity index (χ2v) is 13.7. The van der Waals surface area contributed by atoms with Gasteiger partial charge in [0.2, 0.25) is 11.9 Å². The van der Waals surface area contributed by atoms with Crippen LogP contribution in [0.4, 0.5) is 10.7 Å². The number of hydrogen-bond donors (Lipinski definition) is 2. The number of carbonyl (C=O) groups is 3. The Hall–Kier alpha value is -4.63. The van der Waals surface area contributed by atoms with Gasteiger partial charge >= 0.3 is 6.09 Å². The van der Waals surface area contributed by atoms with Crippen LogP contribution in [-0.4, -0.2) is 61.5 Å². The molecule has 0 spiro atoms. The summed E-state index contributed by atoms with van der Waals surface area (Å²) in [6, 6.07) is 21.4. The van der Waals surface area contributed by atoms with Crippen LogP contribution < -0.4 is 5.32 Å². The Balaban J connectivity index is 1.62. The van der Waals surface area contributed by atoms with Gasteiger partial charge in [-0.3, -0.25) is 19.8 Å². The Morgan fingerprint density at radius 3 is 2.45 bits per heavy atom. The number of aromatic nitrogens is 2. The summed E-state index contributed by atoms with van der Waals surface area (Å²) in [5.74, 6) is -0.127. The lowest BCUT2D eigenvalue weighted by molar-refractivity contribution is -0.127. The molecule has 1 aliphatic heterocycles. The Morgan fingerprint density at radius 2 is 1.81 bits per heavy atom. The topological polar surface area (TPSA) is 108 Å². The molecule has 0 aliphatic carbocycles. The number of amides is 3. The average Bonchev–Trinajstić information content (AvgIpc) is 3.41. The van der Waals surface area contributed by atoms with Gasteiger partial charge in [0.1, 0.15) is 0 Å². The zero-order chi connectivity index (χ0) is 33.9. The van der Waals surface area contributed by atoms with Crippen LogP contribution in [0.15, 0.2) is 85.5 Å². The minimum atomic E-state index is -0.996. The maximum absolute atomic E-state index is 13.4. The summed E-state index contributed by atoms with van der Waals surface area (Å²) in [6.07, 6.45) is 2.36. The summed E-state index contributed by atoms with van der Waals surface area (Å²) in [6.45, 7) is 12.8. The van der Waals surface area contributed by atoms with Gasteiger partial charge in [0.25, 0.3) is 5.91 Å². The number of carbonyl (C=O) groups excluding carboxylic acids is 2. The maximum atomic E-state index is 13.4. The van der Waals surface area contributed by atoms with Gasteiger partial charge in [-0.25, -0.2) is 9.78 Å². The molecule has 5 rings (SSSR count). The van der Waals surface area contributed by atoms with Gasteiger partial charge in [0, 0.05) is 29.7 Å². The van der Waals surface area contributed by atoms with E-state index in [1.54, 1.807) is 34.1 Å². The van der Waals surface area contributed by atoms with E-state index in [0.717, 1.165) is 29.5 Å². The van der Waals surface area contributed by atoms with Gasteiger partial charge in [0.05, 0.1) is 23.1 Å². The predicted molar refractivity (Wildman–Crippen MR) is 186 cm³/mol. The molecule has 0 bridgehead atoms. The normalized spacial score (nSPS) is 16.4. The predicted octanol–water partition coefficient (Wildman–Crippen LogP) is 7.99. The van der Waals surface area contributed by atoms with E-state index in [4.69, 9.17) is 16.6 Å². The number of nitrogens with one attached hydrogen (secondary N) is 1.